The maximum atomic E-state index is 6.68. The molecular formula is C34H53AlN5Y3-3. The fourth-order valence-electron chi connectivity index (χ4n) is 2.59. The van der Waals surface area contributed by atoms with E-state index >= 15 is 0 Å². The van der Waals surface area contributed by atoms with Crippen LogP contribution in [0.4, 0.5) is 17.1 Å². The molecule has 0 fully saturated rings. The Kier molecular flexibility index (Phi) is 59.9. The van der Waals surface area contributed by atoms with E-state index in [1.54, 1.807) is 0 Å². The molecule has 0 amide bonds. The van der Waals surface area contributed by atoms with Crippen molar-refractivity contribution in [1.29, 1.82) is 10.7 Å². The van der Waals surface area contributed by atoms with Gasteiger partial charge < -0.3 is 33.3 Å². The fraction of sp³-hybridized carbons (Fsp3) is 0.382. The van der Waals surface area contributed by atoms with Gasteiger partial charge in [0.05, 0.1) is 0 Å². The van der Waals surface area contributed by atoms with Crippen molar-refractivity contribution >= 4 is 43.8 Å². The Morgan fingerprint density at radius 3 is 1.56 bits per heavy atom. The number of fused-ring (bicyclic) bond motifs is 1. The summed E-state index contributed by atoms with van der Waals surface area (Å²) < 4.78 is 0. The van der Waals surface area contributed by atoms with E-state index in [1.807, 2.05) is 104 Å². The van der Waals surface area contributed by atoms with Gasteiger partial charge in [-0.15, -0.1) is 45.8 Å². The number of hydrogen-bond acceptors (Lipinski definition) is 4. The number of para-hydroxylation sites is 3. The zero-order valence-corrected chi connectivity index (χ0v) is 38.5. The minimum Gasteiger partial charge on any atom is -0.512 e. The van der Waals surface area contributed by atoms with E-state index in [0.29, 0.717) is 0 Å². The maximum absolute atomic E-state index is 6.68. The fourth-order valence-corrected chi connectivity index (χ4v) is 2.59. The van der Waals surface area contributed by atoms with E-state index in [4.69, 9.17) is 23.0 Å². The normalized spacial score (nSPS) is 8.05. The van der Waals surface area contributed by atoms with Crippen LogP contribution in [-0.2, 0) is 105 Å². The Morgan fingerprint density at radius 2 is 1.19 bits per heavy atom. The van der Waals surface area contributed by atoms with Crippen LogP contribution in [0.2, 0.25) is 17.4 Å². The molecule has 1 heterocycles. The maximum Gasteiger partial charge on any atom is 0.251 e. The van der Waals surface area contributed by atoms with Gasteiger partial charge in [-0.25, -0.2) is 0 Å². The van der Waals surface area contributed by atoms with Crippen LogP contribution in [-0.4, -0.2) is 26.7 Å². The quantitative estimate of drug-likeness (QED) is 0.0600. The number of nitrogen functional groups attached to an aromatic ring is 1. The molecule has 9 heteroatoms. The SMILES string of the molecule is CC.CC.CC.Cc1cccc2c1N=[C-]C2.Cc1ccccc1N.Cc1ccccc1N[C-]=N.[C-]#N.[CH3][Al]([CH3])[CH3].[Y].[Y].[Y]. The average Bonchev–Trinajstić information content (AvgIpc) is 3.47. The third-order valence-corrected chi connectivity index (χ3v) is 4.31. The second kappa shape index (κ2) is 44.1. The number of nitrogens with two attached hydrogens (primary N) is 1. The second-order valence-corrected chi connectivity index (χ2v) is 11.6. The zero-order valence-electron chi connectivity index (χ0n) is 28.8. The van der Waals surface area contributed by atoms with Crippen LogP contribution < -0.4 is 11.1 Å². The van der Waals surface area contributed by atoms with Crippen LogP contribution >= 0.6 is 0 Å². The van der Waals surface area contributed by atoms with E-state index in [1.165, 1.54) is 11.1 Å². The molecule has 3 aromatic rings. The molecule has 0 unspecified atom stereocenters. The van der Waals surface area contributed by atoms with Gasteiger partial charge in [0, 0.05) is 104 Å². The molecule has 43 heavy (non-hydrogen) atoms. The van der Waals surface area contributed by atoms with Gasteiger partial charge in [-0.2, -0.15) is 6.21 Å². The van der Waals surface area contributed by atoms with Crippen LogP contribution in [0.5, 0.6) is 0 Å². The number of anilines is 2. The standard InChI is InChI=1S/C9H8N.C8H9N2.C7H9N.3C2H6.CN.3CH3.Al.3Y/c1-7-3-2-4-8-5-6-10-9(7)8;1-7-4-2-3-5-8(7)10-6-9;1-6-4-2-3-5-7(6)8;4*1-2;;;;;;;/h2-4H,5H2,1H3;2-5H,1H3,(H2,9,10);2-5H,8H2,1H3;3*1-2H3;;3*1H3;;;;/q2*-1;;;;;-1;;;;;;;. The van der Waals surface area contributed by atoms with Crippen molar-refractivity contribution in [2.75, 3.05) is 11.1 Å². The summed E-state index contributed by atoms with van der Waals surface area (Å²) in [6.45, 7) is 22.8. The first-order valence-electron chi connectivity index (χ1n) is 14.0. The summed E-state index contributed by atoms with van der Waals surface area (Å²) >= 11 is -0.139. The minimum atomic E-state index is -0.139. The molecule has 0 saturated carbocycles. The van der Waals surface area contributed by atoms with Crippen molar-refractivity contribution in [2.24, 2.45) is 4.99 Å². The van der Waals surface area contributed by atoms with Gasteiger partial charge in [0.15, 0.2) is 0 Å². The zero-order chi connectivity index (χ0) is 31.9. The number of aliphatic imine (C=N–C) groups is 1. The van der Waals surface area contributed by atoms with Crippen molar-refractivity contribution in [3.63, 3.8) is 0 Å². The van der Waals surface area contributed by atoms with Gasteiger partial charge in [-0.05, 0) is 18.6 Å². The monoisotopic (exact) mass is 825 g/mol. The molecule has 229 valence electrons. The van der Waals surface area contributed by atoms with Crippen LogP contribution in [0.3, 0.4) is 0 Å². The molecule has 4 N–H and O–H groups in total. The van der Waals surface area contributed by atoms with Gasteiger partial charge >= 0.3 is 0 Å². The largest absolute Gasteiger partial charge is 0.512 e. The third-order valence-electron chi connectivity index (χ3n) is 4.31. The van der Waals surface area contributed by atoms with Crippen LogP contribution in [0, 0.1) is 38.0 Å². The molecule has 1 aliphatic heterocycles. The Hall–Kier alpha value is -0.0658. The first kappa shape index (κ1) is 58.5. The molecule has 0 spiro atoms. The Morgan fingerprint density at radius 1 is 0.767 bits per heavy atom. The van der Waals surface area contributed by atoms with Crippen molar-refractivity contribution in [2.45, 2.75) is 86.1 Å². The summed E-state index contributed by atoms with van der Waals surface area (Å²) in [5, 5.41) is 15.6. The van der Waals surface area contributed by atoms with Gasteiger partial charge in [-0.3, -0.25) is 0 Å². The molecule has 0 atom stereocenters. The van der Waals surface area contributed by atoms with Gasteiger partial charge in [-0.1, -0.05) is 128 Å². The topological polar surface area (TPSA) is 98.0 Å². The predicted molar refractivity (Wildman–Crippen MR) is 182 cm³/mol. The average molecular weight is 826 g/mol. The molecule has 0 bridgehead atoms. The van der Waals surface area contributed by atoms with Crippen LogP contribution in [0.15, 0.2) is 71.7 Å². The number of hydrogen-bond donors (Lipinski definition) is 3. The summed E-state index contributed by atoms with van der Waals surface area (Å²) in [6, 6.07) is 21.8. The minimum absolute atomic E-state index is 0. The van der Waals surface area contributed by atoms with Crippen molar-refractivity contribution in [3.8, 4) is 0 Å². The first-order valence-corrected chi connectivity index (χ1v) is 17.5. The molecular weight excluding hydrogens is 772 g/mol. The van der Waals surface area contributed by atoms with Gasteiger partial charge in [0.2, 0.25) is 0 Å². The van der Waals surface area contributed by atoms with Crippen LogP contribution in [0.25, 0.3) is 0 Å². The molecule has 3 radical (unpaired) electrons. The van der Waals surface area contributed by atoms with Gasteiger partial charge in [0.1, 0.15) is 0 Å². The van der Waals surface area contributed by atoms with E-state index in [-0.39, 0.29) is 112 Å². The summed E-state index contributed by atoms with van der Waals surface area (Å²) in [6.07, 6.45) is 5.96. The predicted octanol–water partition coefficient (Wildman–Crippen LogP) is 10.1. The molecule has 0 saturated heterocycles. The third kappa shape index (κ3) is 33.1. The second-order valence-electron chi connectivity index (χ2n) is 8.18. The summed E-state index contributed by atoms with van der Waals surface area (Å²) in [5.41, 5.74) is 13.3. The Labute approximate surface area is 345 Å². The summed E-state index contributed by atoms with van der Waals surface area (Å²) in [7, 11) is 0. The van der Waals surface area contributed by atoms with E-state index in [9.17, 15) is 0 Å². The summed E-state index contributed by atoms with van der Waals surface area (Å²) in [4.78, 5) is 4.15. The van der Waals surface area contributed by atoms with E-state index in [2.05, 4.69) is 65.3 Å². The smallest absolute Gasteiger partial charge is 0.251 e. The van der Waals surface area contributed by atoms with Crippen molar-refractivity contribution < 1.29 is 98.1 Å². The van der Waals surface area contributed by atoms with Gasteiger partial charge in [0.25, 0.3) is 14.1 Å². The number of nitrogens with zero attached hydrogens (tertiary/aromatic N) is 2. The first-order chi connectivity index (χ1) is 19.3. The molecule has 0 aliphatic carbocycles. The summed E-state index contributed by atoms with van der Waals surface area (Å²) in [5.74, 6) is 6.92. The molecule has 5 nitrogen and oxygen atoms in total. The van der Waals surface area contributed by atoms with Crippen LogP contribution in [0.1, 0.15) is 63.8 Å². The van der Waals surface area contributed by atoms with Crippen molar-refractivity contribution in [1.82, 2.24) is 0 Å². The Balaban J connectivity index is -0.0000000748. The van der Waals surface area contributed by atoms with E-state index < -0.39 is 0 Å². The van der Waals surface area contributed by atoms with Crippen molar-refractivity contribution in [3.05, 3.63) is 95.6 Å². The number of rotatable bonds is 2. The molecule has 0 aromatic heterocycles. The Bertz CT molecular complexity index is 1040. The van der Waals surface area contributed by atoms with E-state index in [0.717, 1.165) is 34.6 Å². The molecule has 4 rings (SSSR count). The number of benzene rings is 3. The number of aryl methyl sites for hydroxylation is 3. The number of nitrogens with one attached hydrogen (secondary N) is 2. The molecule has 3 aromatic carbocycles. The molecule has 1 aliphatic rings.